The SMILES string of the molecule is CCOP(=O)(OCC)C(F)(F)c1nc2ccccc2c2ccc(-c3ccccc3)cc12. The van der Waals surface area contributed by atoms with E-state index in [4.69, 9.17) is 9.05 Å². The smallest absolute Gasteiger partial charge is 0.304 e. The fraction of sp³-hybridized carbons (Fsp3) is 0.208. The van der Waals surface area contributed by atoms with Gasteiger partial charge in [0.15, 0.2) is 0 Å². The molecule has 4 aromatic rings. The Kier molecular flexibility index (Phi) is 5.89. The molecule has 0 aliphatic heterocycles. The van der Waals surface area contributed by atoms with Crippen LogP contribution in [0.1, 0.15) is 19.5 Å². The van der Waals surface area contributed by atoms with Crippen molar-refractivity contribution >= 4 is 29.3 Å². The lowest BCUT2D eigenvalue weighted by molar-refractivity contribution is 0.0340. The van der Waals surface area contributed by atoms with Crippen LogP contribution in [0.5, 0.6) is 0 Å². The van der Waals surface area contributed by atoms with Crippen molar-refractivity contribution < 1.29 is 22.4 Å². The second kappa shape index (κ2) is 8.46. The third-order valence-electron chi connectivity index (χ3n) is 5.04. The third kappa shape index (κ3) is 3.76. The number of benzene rings is 3. The summed E-state index contributed by atoms with van der Waals surface area (Å²) in [5.41, 5.74) is -2.52. The van der Waals surface area contributed by atoms with Crippen molar-refractivity contribution in [1.29, 1.82) is 0 Å². The van der Waals surface area contributed by atoms with Crippen molar-refractivity contribution in [2.75, 3.05) is 13.2 Å². The van der Waals surface area contributed by atoms with Gasteiger partial charge in [-0.25, -0.2) is 4.98 Å². The number of fused-ring (bicyclic) bond motifs is 3. The van der Waals surface area contributed by atoms with Crippen LogP contribution in [-0.4, -0.2) is 18.2 Å². The number of hydrogen-bond donors (Lipinski definition) is 0. The van der Waals surface area contributed by atoms with Gasteiger partial charge in [-0.05, 0) is 42.5 Å². The average Bonchev–Trinajstić information content (AvgIpc) is 2.79. The first-order valence-electron chi connectivity index (χ1n) is 10.1. The van der Waals surface area contributed by atoms with Crippen LogP contribution in [0.2, 0.25) is 0 Å². The average molecular weight is 441 g/mol. The molecule has 160 valence electrons. The zero-order valence-electron chi connectivity index (χ0n) is 17.2. The molecule has 0 aliphatic rings. The van der Waals surface area contributed by atoms with Crippen LogP contribution in [0, 0.1) is 0 Å². The van der Waals surface area contributed by atoms with Gasteiger partial charge in [0.25, 0.3) is 0 Å². The van der Waals surface area contributed by atoms with Gasteiger partial charge in [-0.2, -0.15) is 8.78 Å². The molecule has 0 bridgehead atoms. The predicted octanol–water partition coefficient (Wildman–Crippen LogP) is 7.37. The van der Waals surface area contributed by atoms with Crippen molar-refractivity contribution in [3.8, 4) is 11.1 Å². The quantitative estimate of drug-likeness (QED) is 0.222. The lowest BCUT2D eigenvalue weighted by Gasteiger charge is -2.26. The summed E-state index contributed by atoms with van der Waals surface area (Å²) < 4.78 is 54.7. The number of alkyl halides is 2. The molecule has 0 unspecified atom stereocenters. The Labute approximate surface area is 179 Å². The number of rotatable bonds is 7. The van der Waals surface area contributed by atoms with E-state index in [1.54, 1.807) is 24.3 Å². The molecule has 0 spiro atoms. The Morgan fingerprint density at radius 1 is 0.806 bits per heavy atom. The Bertz CT molecular complexity index is 1270. The minimum atomic E-state index is -4.81. The Hall–Kier alpha value is -2.66. The standard InChI is InChI=1S/C24H22F2NO3P/c1-3-29-31(28,30-4-2)24(25,26)23-21-16-18(17-10-6-5-7-11-17)14-15-19(21)20-12-8-9-13-22(20)27-23/h5-16H,3-4H2,1-2H3. The molecule has 4 nitrogen and oxygen atoms in total. The van der Waals surface area contributed by atoms with E-state index in [1.165, 1.54) is 13.8 Å². The predicted molar refractivity (Wildman–Crippen MR) is 119 cm³/mol. The number of aromatic nitrogens is 1. The molecule has 1 heterocycles. The fourth-order valence-electron chi connectivity index (χ4n) is 3.66. The number of hydrogen-bond acceptors (Lipinski definition) is 4. The van der Waals surface area contributed by atoms with Gasteiger partial charge in [-0.15, -0.1) is 0 Å². The number of pyridine rings is 1. The van der Waals surface area contributed by atoms with Crippen molar-refractivity contribution in [3.63, 3.8) is 0 Å². The summed E-state index contributed by atoms with van der Waals surface area (Å²) in [6.45, 7) is 2.66. The number of para-hydroxylation sites is 1. The van der Waals surface area contributed by atoms with E-state index in [2.05, 4.69) is 4.98 Å². The molecule has 1 aromatic heterocycles. The summed E-state index contributed by atoms with van der Waals surface area (Å²) in [7, 11) is -4.81. The van der Waals surface area contributed by atoms with Gasteiger partial charge >= 0.3 is 13.3 Å². The van der Waals surface area contributed by atoms with Gasteiger partial charge in [0.1, 0.15) is 5.69 Å². The number of halogens is 2. The molecule has 0 amide bonds. The molecule has 0 saturated heterocycles. The lowest BCUT2D eigenvalue weighted by atomic mass is 9.98. The van der Waals surface area contributed by atoms with Crippen molar-refractivity contribution in [2.45, 2.75) is 19.5 Å². The second-order valence-corrected chi connectivity index (χ2v) is 9.05. The summed E-state index contributed by atoms with van der Waals surface area (Å²) in [5, 5.41) is 1.54. The first kappa shape index (κ1) is 21.6. The van der Waals surface area contributed by atoms with Gasteiger partial charge in [-0.3, -0.25) is 4.57 Å². The second-order valence-electron chi connectivity index (χ2n) is 6.98. The molecule has 0 radical (unpaired) electrons. The van der Waals surface area contributed by atoms with Crippen LogP contribution in [0.25, 0.3) is 32.8 Å². The van der Waals surface area contributed by atoms with E-state index in [9.17, 15) is 4.57 Å². The summed E-state index contributed by atoms with van der Waals surface area (Å²) in [6, 6.07) is 21.9. The van der Waals surface area contributed by atoms with E-state index in [0.717, 1.165) is 16.5 Å². The zero-order chi connectivity index (χ0) is 22.1. The van der Waals surface area contributed by atoms with Gasteiger partial charge in [0.05, 0.1) is 18.7 Å². The van der Waals surface area contributed by atoms with Crippen molar-refractivity contribution in [2.24, 2.45) is 0 Å². The fourth-order valence-corrected chi connectivity index (χ4v) is 5.17. The van der Waals surface area contributed by atoms with Crippen molar-refractivity contribution in [3.05, 3.63) is 78.5 Å². The topological polar surface area (TPSA) is 48.4 Å². The first-order valence-corrected chi connectivity index (χ1v) is 11.6. The van der Waals surface area contributed by atoms with Crippen LogP contribution in [0.3, 0.4) is 0 Å². The molecule has 31 heavy (non-hydrogen) atoms. The van der Waals surface area contributed by atoms with E-state index >= 15 is 8.78 Å². The van der Waals surface area contributed by atoms with Crippen LogP contribution in [0.4, 0.5) is 8.78 Å². The Morgan fingerprint density at radius 3 is 2.13 bits per heavy atom. The molecule has 0 atom stereocenters. The van der Waals surface area contributed by atoms with Crippen LogP contribution >= 0.6 is 7.60 Å². The lowest BCUT2D eigenvalue weighted by Crippen LogP contribution is -2.20. The number of nitrogens with zero attached hydrogens (tertiary/aromatic N) is 1. The molecular weight excluding hydrogens is 419 g/mol. The summed E-state index contributed by atoms with van der Waals surface area (Å²) in [5.74, 6) is 0. The maximum Gasteiger partial charge on any atom is 0.406 e. The monoisotopic (exact) mass is 441 g/mol. The molecule has 4 rings (SSSR count). The van der Waals surface area contributed by atoms with Gasteiger partial charge in [-0.1, -0.05) is 60.7 Å². The Balaban J connectivity index is 2.05. The molecule has 0 saturated carbocycles. The molecule has 0 aliphatic carbocycles. The molecule has 0 N–H and O–H groups in total. The third-order valence-corrected chi connectivity index (χ3v) is 7.13. The molecule has 0 fully saturated rings. The largest absolute Gasteiger partial charge is 0.406 e. The normalized spacial score (nSPS) is 12.5. The minimum absolute atomic E-state index is 0.173. The van der Waals surface area contributed by atoms with E-state index in [1.807, 2.05) is 48.5 Å². The highest BCUT2D eigenvalue weighted by Crippen LogP contribution is 2.67. The van der Waals surface area contributed by atoms with E-state index in [0.29, 0.717) is 10.9 Å². The van der Waals surface area contributed by atoms with Crippen LogP contribution in [-0.2, 0) is 19.3 Å². The summed E-state index contributed by atoms with van der Waals surface area (Å²) in [4.78, 5) is 4.26. The van der Waals surface area contributed by atoms with E-state index in [-0.39, 0.29) is 18.6 Å². The summed E-state index contributed by atoms with van der Waals surface area (Å²) >= 11 is 0. The summed E-state index contributed by atoms with van der Waals surface area (Å²) in [6.07, 6.45) is 0. The first-order chi connectivity index (χ1) is 14.9. The molecular formula is C24H22F2NO3P. The zero-order valence-corrected chi connectivity index (χ0v) is 18.1. The van der Waals surface area contributed by atoms with Gasteiger partial charge in [0, 0.05) is 10.8 Å². The van der Waals surface area contributed by atoms with Crippen molar-refractivity contribution in [1.82, 2.24) is 4.98 Å². The van der Waals surface area contributed by atoms with Crippen LogP contribution in [0.15, 0.2) is 72.8 Å². The van der Waals surface area contributed by atoms with E-state index < -0.39 is 19.0 Å². The van der Waals surface area contributed by atoms with Gasteiger partial charge in [0.2, 0.25) is 0 Å². The highest BCUT2D eigenvalue weighted by molar-refractivity contribution is 7.54. The maximum absolute atomic E-state index is 15.8. The molecule has 3 aromatic carbocycles. The Morgan fingerprint density at radius 2 is 1.45 bits per heavy atom. The molecule has 7 heteroatoms. The van der Waals surface area contributed by atoms with Gasteiger partial charge < -0.3 is 9.05 Å². The van der Waals surface area contributed by atoms with Crippen LogP contribution < -0.4 is 0 Å². The highest BCUT2D eigenvalue weighted by Gasteiger charge is 2.57. The minimum Gasteiger partial charge on any atom is -0.304 e. The maximum atomic E-state index is 15.8. The highest BCUT2D eigenvalue weighted by atomic mass is 31.2.